The van der Waals surface area contributed by atoms with E-state index >= 15 is 0 Å². The van der Waals surface area contributed by atoms with E-state index < -0.39 is 0 Å². The van der Waals surface area contributed by atoms with E-state index in [9.17, 15) is 0 Å². The molecule has 2 heteroatoms. The van der Waals surface area contributed by atoms with Gasteiger partial charge < -0.3 is 10.6 Å². The number of likely N-dealkylation sites (N-methyl/N-ethyl adjacent to an activating group) is 1. The van der Waals surface area contributed by atoms with Gasteiger partial charge in [0, 0.05) is 18.6 Å². The molecule has 1 aliphatic rings. The van der Waals surface area contributed by atoms with Crippen molar-refractivity contribution in [2.45, 2.75) is 51.6 Å². The van der Waals surface area contributed by atoms with Gasteiger partial charge in [0.1, 0.15) is 0 Å². The van der Waals surface area contributed by atoms with Gasteiger partial charge in [-0.2, -0.15) is 0 Å². The van der Waals surface area contributed by atoms with Crippen molar-refractivity contribution in [3.63, 3.8) is 0 Å². The third kappa shape index (κ3) is 3.55. The first-order valence-electron chi connectivity index (χ1n) is 5.29. The third-order valence-corrected chi connectivity index (χ3v) is 2.62. The molecule has 2 nitrogen and oxygen atoms in total. The predicted octanol–water partition coefficient (Wildman–Crippen LogP) is 1.52. The van der Waals surface area contributed by atoms with Crippen molar-refractivity contribution in [1.82, 2.24) is 10.6 Å². The molecule has 0 aromatic carbocycles. The van der Waals surface area contributed by atoms with Crippen molar-refractivity contribution < 1.29 is 0 Å². The Balaban J connectivity index is 1.99. The average molecular weight is 170 g/mol. The molecule has 1 unspecified atom stereocenters. The molecule has 0 heterocycles. The second-order valence-corrected chi connectivity index (χ2v) is 3.85. The zero-order chi connectivity index (χ0) is 8.81. The summed E-state index contributed by atoms with van der Waals surface area (Å²) in [4.78, 5) is 0. The highest BCUT2D eigenvalue weighted by Crippen LogP contribution is 2.17. The SMILES string of the molecule is CCNC(C)CNC1CCCC1. The molecule has 1 atom stereocenters. The molecule has 12 heavy (non-hydrogen) atoms. The number of hydrogen-bond donors (Lipinski definition) is 2. The van der Waals surface area contributed by atoms with Gasteiger partial charge in [-0.1, -0.05) is 19.8 Å². The second-order valence-electron chi connectivity index (χ2n) is 3.85. The Morgan fingerprint density at radius 1 is 1.33 bits per heavy atom. The minimum atomic E-state index is 0.621. The molecule has 0 bridgehead atoms. The first kappa shape index (κ1) is 10.0. The average Bonchev–Trinajstić information content (AvgIpc) is 2.53. The predicted molar refractivity (Wildman–Crippen MR) is 53.4 cm³/mol. The third-order valence-electron chi connectivity index (χ3n) is 2.62. The van der Waals surface area contributed by atoms with Crippen molar-refractivity contribution in [2.75, 3.05) is 13.1 Å². The van der Waals surface area contributed by atoms with Crippen molar-refractivity contribution in [3.8, 4) is 0 Å². The Hall–Kier alpha value is -0.0800. The summed E-state index contributed by atoms with van der Waals surface area (Å²) in [6.45, 7) is 6.60. The largest absolute Gasteiger partial charge is 0.313 e. The lowest BCUT2D eigenvalue weighted by molar-refractivity contribution is 0.456. The molecule has 0 saturated heterocycles. The quantitative estimate of drug-likeness (QED) is 0.653. The monoisotopic (exact) mass is 170 g/mol. The molecule has 72 valence electrons. The Morgan fingerprint density at radius 2 is 2.00 bits per heavy atom. The van der Waals surface area contributed by atoms with Crippen LogP contribution < -0.4 is 10.6 Å². The molecule has 0 aliphatic heterocycles. The van der Waals surface area contributed by atoms with Crippen LogP contribution in [-0.2, 0) is 0 Å². The lowest BCUT2D eigenvalue weighted by Crippen LogP contribution is -2.39. The number of hydrogen-bond acceptors (Lipinski definition) is 2. The van der Waals surface area contributed by atoms with Crippen LogP contribution in [0, 0.1) is 0 Å². The molecular weight excluding hydrogens is 148 g/mol. The zero-order valence-corrected chi connectivity index (χ0v) is 8.40. The van der Waals surface area contributed by atoms with E-state index in [1.54, 1.807) is 0 Å². The molecule has 1 aliphatic carbocycles. The fraction of sp³-hybridized carbons (Fsp3) is 1.00. The highest BCUT2D eigenvalue weighted by molar-refractivity contribution is 4.75. The standard InChI is InChI=1S/C10H22N2/c1-3-11-9(2)8-12-10-6-4-5-7-10/h9-12H,3-8H2,1-2H3. The molecule has 0 radical (unpaired) electrons. The van der Waals surface area contributed by atoms with Gasteiger partial charge >= 0.3 is 0 Å². The van der Waals surface area contributed by atoms with Crippen molar-refractivity contribution in [1.29, 1.82) is 0 Å². The van der Waals surface area contributed by atoms with Gasteiger partial charge in [0.25, 0.3) is 0 Å². The summed E-state index contributed by atoms with van der Waals surface area (Å²) in [7, 11) is 0. The maximum atomic E-state index is 3.60. The highest BCUT2D eigenvalue weighted by Gasteiger charge is 2.14. The van der Waals surface area contributed by atoms with Crippen LogP contribution in [0.25, 0.3) is 0 Å². The topological polar surface area (TPSA) is 24.1 Å². The molecule has 0 aromatic heterocycles. The van der Waals surface area contributed by atoms with Crippen LogP contribution in [0.2, 0.25) is 0 Å². The van der Waals surface area contributed by atoms with Gasteiger partial charge in [-0.15, -0.1) is 0 Å². The Bertz CT molecular complexity index is 108. The van der Waals surface area contributed by atoms with Gasteiger partial charge in [-0.3, -0.25) is 0 Å². The fourth-order valence-corrected chi connectivity index (χ4v) is 1.89. The lowest BCUT2D eigenvalue weighted by Gasteiger charge is -2.17. The van der Waals surface area contributed by atoms with Crippen molar-refractivity contribution in [3.05, 3.63) is 0 Å². The Labute approximate surface area is 76.1 Å². The summed E-state index contributed by atoms with van der Waals surface area (Å²) in [5.41, 5.74) is 0. The zero-order valence-electron chi connectivity index (χ0n) is 8.40. The normalized spacial score (nSPS) is 21.5. The van der Waals surface area contributed by atoms with E-state index in [0.29, 0.717) is 6.04 Å². The molecule has 1 rings (SSSR count). The van der Waals surface area contributed by atoms with Crippen LogP contribution in [0.5, 0.6) is 0 Å². The van der Waals surface area contributed by atoms with Crippen LogP contribution in [0.15, 0.2) is 0 Å². The number of nitrogens with one attached hydrogen (secondary N) is 2. The van der Waals surface area contributed by atoms with E-state index in [0.717, 1.165) is 19.1 Å². The highest BCUT2D eigenvalue weighted by atomic mass is 15.0. The summed E-state index contributed by atoms with van der Waals surface area (Å²) in [5.74, 6) is 0. The van der Waals surface area contributed by atoms with Crippen LogP contribution in [0.3, 0.4) is 0 Å². The Morgan fingerprint density at radius 3 is 2.58 bits per heavy atom. The Kier molecular flexibility index (Phi) is 4.62. The van der Waals surface area contributed by atoms with Gasteiger partial charge in [-0.25, -0.2) is 0 Å². The summed E-state index contributed by atoms with van der Waals surface area (Å²) in [6.07, 6.45) is 5.62. The maximum Gasteiger partial charge on any atom is 0.0164 e. The van der Waals surface area contributed by atoms with Crippen LogP contribution in [0.4, 0.5) is 0 Å². The van der Waals surface area contributed by atoms with Gasteiger partial charge in [-0.05, 0) is 26.3 Å². The van der Waals surface area contributed by atoms with Gasteiger partial charge in [0.05, 0.1) is 0 Å². The molecular formula is C10H22N2. The van der Waals surface area contributed by atoms with Gasteiger partial charge in [0.2, 0.25) is 0 Å². The molecule has 0 aromatic rings. The van der Waals surface area contributed by atoms with E-state index in [4.69, 9.17) is 0 Å². The van der Waals surface area contributed by atoms with Crippen LogP contribution in [-0.4, -0.2) is 25.2 Å². The van der Waals surface area contributed by atoms with E-state index in [1.807, 2.05) is 0 Å². The van der Waals surface area contributed by atoms with Crippen molar-refractivity contribution in [2.24, 2.45) is 0 Å². The maximum absolute atomic E-state index is 3.60. The first-order valence-corrected chi connectivity index (χ1v) is 5.29. The fourth-order valence-electron chi connectivity index (χ4n) is 1.89. The summed E-state index contributed by atoms with van der Waals surface area (Å²) >= 11 is 0. The lowest BCUT2D eigenvalue weighted by atomic mass is 10.2. The minimum absolute atomic E-state index is 0.621. The van der Waals surface area contributed by atoms with Crippen molar-refractivity contribution >= 4 is 0 Å². The molecule has 0 spiro atoms. The van der Waals surface area contributed by atoms with E-state index in [2.05, 4.69) is 24.5 Å². The number of rotatable bonds is 5. The summed E-state index contributed by atoms with van der Waals surface area (Å²) in [6, 6.07) is 1.43. The molecule has 0 amide bonds. The van der Waals surface area contributed by atoms with Crippen LogP contribution >= 0.6 is 0 Å². The first-order chi connectivity index (χ1) is 5.83. The summed E-state index contributed by atoms with van der Waals surface area (Å²) < 4.78 is 0. The smallest absolute Gasteiger partial charge is 0.0164 e. The molecule has 2 N–H and O–H groups in total. The van der Waals surface area contributed by atoms with E-state index in [1.165, 1.54) is 25.7 Å². The van der Waals surface area contributed by atoms with E-state index in [-0.39, 0.29) is 0 Å². The minimum Gasteiger partial charge on any atom is -0.313 e. The molecule has 1 saturated carbocycles. The van der Waals surface area contributed by atoms with Gasteiger partial charge in [0.15, 0.2) is 0 Å². The molecule has 1 fully saturated rings. The second kappa shape index (κ2) is 5.55. The van der Waals surface area contributed by atoms with Crippen LogP contribution in [0.1, 0.15) is 39.5 Å². The summed E-state index contributed by atoms with van der Waals surface area (Å²) in [5, 5.41) is 7.01.